The second kappa shape index (κ2) is 8.40. The van der Waals surface area contributed by atoms with E-state index in [1.54, 1.807) is 0 Å². The summed E-state index contributed by atoms with van der Waals surface area (Å²) >= 11 is 0. The van der Waals surface area contributed by atoms with Crippen LogP contribution >= 0.6 is 0 Å². The molecule has 1 atom stereocenters. The van der Waals surface area contributed by atoms with Gasteiger partial charge in [0.05, 0.1) is 0 Å². The van der Waals surface area contributed by atoms with Gasteiger partial charge in [0, 0.05) is 44.4 Å². The van der Waals surface area contributed by atoms with Crippen molar-refractivity contribution in [1.29, 1.82) is 0 Å². The summed E-state index contributed by atoms with van der Waals surface area (Å²) in [5.41, 5.74) is 2.56. The second-order valence-corrected chi connectivity index (χ2v) is 8.82. The maximum absolute atomic E-state index is 12.8. The second-order valence-electron chi connectivity index (χ2n) is 8.82. The first-order valence-electron chi connectivity index (χ1n) is 10.7. The largest absolute Gasteiger partial charge is 0.342 e. The Kier molecular flexibility index (Phi) is 5.70. The number of hydrogen-bond acceptors (Lipinski definition) is 2. The summed E-state index contributed by atoms with van der Waals surface area (Å²) in [6.45, 7) is 5.36. The molecule has 4 heteroatoms. The van der Waals surface area contributed by atoms with E-state index in [1.165, 1.54) is 11.1 Å². The van der Waals surface area contributed by atoms with Gasteiger partial charge in [0.15, 0.2) is 0 Å². The van der Waals surface area contributed by atoms with Crippen LogP contribution in [0.1, 0.15) is 43.2 Å². The zero-order chi connectivity index (χ0) is 20.3. The summed E-state index contributed by atoms with van der Waals surface area (Å²) in [6.07, 6.45) is 2.93. The highest BCUT2D eigenvalue weighted by Gasteiger charge is 2.49. The number of hydrogen-bond donors (Lipinski definition) is 0. The average molecular weight is 391 g/mol. The number of nitrogens with zero attached hydrogens (tertiary/aromatic N) is 2. The van der Waals surface area contributed by atoms with E-state index in [-0.39, 0.29) is 23.1 Å². The normalized spacial score (nSPS) is 18.5. The zero-order valence-corrected chi connectivity index (χ0v) is 17.2. The Morgan fingerprint density at radius 2 is 1.52 bits per heavy atom. The molecule has 0 aliphatic carbocycles. The van der Waals surface area contributed by atoms with Gasteiger partial charge in [0.2, 0.25) is 11.8 Å². The topological polar surface area (TPSA) is 40.6 Å². The monoisotopic (exact) mass is 390 g/mol. The molecule has 152 valence electrons. The van der Waals surface area contributed by atoms with Crippen molar-refractivity contribution in [2.75, 3.05) is 26.2 Å². The van der Waals surface area contributed by atoms with Crippen LogP contribution in [0.15, 0.2) is 60.7 Å². The lowest BCUT2D eigenvalue weighted by molar-refractivity contribution is -0.143. The summed E-state index contributed by atoms with van der Waals surface area (Å²) in [4.78, 5) is 29.3. The average Bonchev–Trinajstić information content (AvgIpc) is 3.18. The predicted molar refractivity (Wildman–Crippen MR) is 114 cm³/mol. The smallest absolute Gasteiger partial charge is 0.223 e. The van der Waals surface area contributed by atoms with Crippen molar-refractivity contribution < 1.29 is 9.59 Å². The van der Waals surface area contributed by atoms with Crippen LogP contribution in [-0.4, -0.2) is 47.8 Å². The Labute approximate surface area is 173 Å². The fraction of sp³-hybridized carbons (Fsp3) is 0.440. The van der Waals surface area contributed by atoms with E-state index in [4.69, 9.17) is 0 Å². The van der Waals surface area contributed by atoms with Crippen LogP contribution in [-0.2, 0) is 16.0 Å². The van der Waals surface area contributed by atoms with E-state index in [0.29, 0.717) is 12.8 Å². The molecule has 0 bridgehead atoms. The first-order valence-corrected chi connectivity index (χ1v) is 10.7. The Morgan fingerprint density at radius 3 is 2.21 bits per heavy atom. The number of carbonyl (C=O) groups excluding carboxylic acids is 2. The molecule has 0 saturated carbocycles. The van der Waals surface area contributed by atoms with Gasteiger partial charge in [-0.1, -0.05) is 67.6 Å². The summed E-state index contributed by atoms with van der Waals surface area (Å²) in [6, 6.07) is 20.4. The van der Waals surface area contributed by atoms with Crippen molar-refractivity contribution in [3.8, 4) is 0 Å². The summed E-state index contributed by atoms with van der Waals surface area (Å²) < 4.78 is 0. The Hall–Kier alpha value is -2.62. The Balaban J connectivity index is 1.23. The zero-order valence-electron chi connectivity index (χ0n) is 17.2. The molecule has 2 amide bonds. The highest BCUT2D eigenvalue weighted by molar-refractivity contribution is 5.79. The highest BCUT2D eigenvalue weighted by Crippen LogP contribution is 2.40. The minimum atomic E-state index is 0.133. The minimum Gasteiger partial charge on any atom is -0.342 e. The highest BCUT2D eigenvalue weighted by atomic mass is 16.2. The molecule has 1 spiro atoms. The molecule has 4 nitrogen and oxygen atoms in total. The predicted octanol–water partition coefficient (Wildman–Crippen LogP) is 3.87. The van der Waals surface area contributed by atoms with Crippen molar-refractivity contribution in [3.05, 3.63) is 71.8 Å². The molecular formula is C25H30N2O2. The molecule has 2 aromatic carbocycles. The van der Waals surface area contributed by atoms with Crippen molar-refractivity contribution in [3.63, 3.8) is 0 Å². The number of benzene rings is 2. The molecule has 4 rings (SSSR count). The quantitative estimate of drug-likeness (QED) is 0.751. The van der Waals surface area contributed by atoms with Gasteiger partial charge < -0.3 is 9.80 Å². The lowest BCUT2D eigenvalue weighted by Crippen LogP contribution is -2.59. The van der Waals surface area contributed by atoms with E-state index in [0.717, 1.165) is 39.0 Å². The molecule has 2 aliphatic heterocycles. The first-order chi connectivity index (χ1) is 14.0. The van der Waals surface area contributed by atoms with Crippen LogP contribution in [0, 0.1) is 5.41 Å². The third kappa shape index (κ3) is 4.52. The lowest BCUT2D eigenvalue weighted by Gasteiger charge is -2.48. The molecule has 2 fully saturated rings. The minimum absolute atomic E-state index is 0.133. The van der Waals surface area contributed by atoms with Crippen molar-refractivity contribution in [2.24, 2.45) is 5.41 Å². The molecule has 29 heavy (non-hydrogen) atoms. The number of aryl methyl sites for hydroxylation is 1. The van der Waals surface area contributed by atoms with Crippen LogP contribution in [0.4, 0.5) is 0 Å². The maximum atomic E-state index is 12.8. The maximum Gasteiger partial charge on any atom is 0.223 e. The van der Waals surface area contributed by atoms with Gasteiger partial charge in [-0.05, 0) is 29.9 Å². The van der Waals surface area contributed by atoms with Gasteiger partial charge >= 0.3 is 0 Å². The van der Waals surface area contributed by atoms with Crippen LogP contribution in [0.25, 0.3) is 0 Å². The van der Waals surface area contributed by atoms with Gasteiger partial charge in [-0.2, -0.15) is 0 Å². The van der Waals surface area contributed by atoms with Crippen LogP contribution < -0.4 is 0 Å². The number of amides is 2. The van der Waals surface area contributed by atoms with E-state index < -0.39 is 0 Å². The van der Waals surface area contributed by atoms with Gasteiger partial charge in [0.1, 0.15) is 0 Å². The van der Waals surface area contributed by atoms with E-state index >= 15 is 0 Å². The number of carbonyl (C=O) groups is 2. The van der Waals surface area contributed by atoms with E-state index in [9.17, 15) is 9.59 Å². The Morgan fingerprint density at radius 1 is 0.897 bits per heavy atom. The van der Waals surface area contributed by atoms with Gasteiger partial charge in [0.25, 0.3) is 0 Å². The van der Waals surface area contributed by atoms with Crippen LogP contribution in [0.5, 0.6) is 0 Å². The molecule has 0 aromatic heterocycles. The molecule has 2 aliphatic rings. The van der Waals surface area contributed by atoms with Gasteiger partial charge in [-0.25, -0.2) is 0 Å². The molecule has 2 heterocycles. The number of rotatable bonds is 6. The van der Waals surface area contributed by atoms with Crippen LogP contribution in [0.3, 0.4) is 0 Å². The first kappa shape index (κ1) is 19.7. The van der Waals surface area contributed by atoms with Gasteiger partial charge in [-0.3, -0.25) is 9.59 Å². The summed E-state index contributed by atoms with van der Waals surface area (Å²) in [7, 11) is 0. The SMILES string of the molecule is CC(CC(=O)N1CCC2(C1)CN(C(=O)CCc1ccccc1)C2)c1ccccc1. The van der Waals surface area contributed by atoms with Crippen molar-refractivity contribution in [1.82, 2.24) is 9.80 Å². The summed E-state index contributed by atoms with van der Waals surface area (Å²) in [5, 5.41) is 0. The molecule has 0 radical (unpaired) electrons. The molecular weight excluding hydrogens is 360 g/mol. The number of likely N-dealkylation sites (tertiary alicyclic amines) is 2. The summed E-state index contributed by atoms with van der Waals surface area (Å²) in [5.74, 6) is 0.715. The molecule has 2 aromatic rings. The lowest BCUT2D eigenvalue weighted by atomic mass is 9.79. The fourth-order valence-electron chi connectivity index (χ4n) is 4.69. The third-order valence-corrected chi connectivity index (χ3v) is 6.52. The third-order valence-electron chi connectivity index (χ3n) is 6.52. The van der Waals surface area contributed by atoms with Crippen molar-refractivity contribution >= 4 is 11.8 Å². The fourth-order valence-corrected chi connectivity index (χ4v) is 4.69. The van der Waals surface area contributed by atoms with Crippen molar-refractivity contribution in [2.45, 2.75) is 38.5 Å². The van der Waals surface area contributed by atoms with E-state index in [1.807, 2.05) is 46.2 Å². The standard InChI is InChI=1S/C25H30N2O2/c1-20(22-10-6-3-7-11-22)16-24(29)26-15-14-25(17-26)18-27(19-25)23(28)13-12-21-8-4-2-5-9-21/h2-11,20H,12-19H2,1H3. The molecule has 2 saturated heterocycles. The van der Waals surface area contributed by atoms with E-state index in [2.05, 4.69) is 31.2 Å². The van der Waals surface area contributed by atoms with Gasteiger partial charge in [-0.15, -0.1) is 0 Å². The van der Waals surface area contributed by atoms with Crippen LogP contribution in [0.2, 0.25) is 0 Å². The Bertz CT molecular complexity index is 844. The molecule has 0 N–H and O–H groups in total. The molecule has 1 unspecified atom stereocenters.